The van der Waals surface area contributed by atoms with Crippen LogP contribution in [0.25, 0.3) is 0 Å². The fourth-order valence-electron chi connectivity index (χ4n) is 1.97. The highest BCUT2D eigenvalue weighted by Gasteiger charge is 2.35. The maximum absolute atomic E-state index is 12.5. The molecule has 0 heterocycles. The summed E-state index contributed by atoms with van der Waals surface area (Å²) in [5, 5.41) is 8.68. The number of carboxylic acid groups (broad SMARTS) is 1. The minimum atomic E-state index is -4.63. The number of carbonyl (C=O) groups is 2. The Balaban J connectivity index is 4.99. The highest BCUT2D eigenvalue weighted by Crippen LogP contribution is 2.18. The zero-order valence-corrected chi connectivity index (χ0v) is 12.6. The number of hydrogen-bond acceptors (Lipinski definition) is 2. The molecular formula is C13H23F3N2O3. The molecule has 0 radical (unpaired) electrons. The predicted molar refractivity (Wildman–Crippen MR) is 72.0 cm³/mol. The fourth-order valence-corrected chi connectivity index (χ4v) is 1.97. The van der Waals surface area contributed by atoms with Gasteiger partial charge in [-0.3, -0.25) is 4.79 Å². The Morgan fingerprint density at radius 2 is 1.62 bits per heavy atom. The summed E-state index contributed by atoms with van der Waals surface area (Å²) in [5.41, 5.74) is 0. The van der Waals surface area contributed by atoms with E-state index in [-0.39, 0.29) is 12.5 Å². The number of carboxylic acids is 1. The van der Waals surface area contributed by atoms with Crippen LogP contribution >= 0.6 is 0 Å². The number of alkyl halides is 3. The minimum absolute atomic E-state index is 0.187. The second kappa shape index (κ2) is 8.74. The van der Waals surface area contributed by atoms with Gasteiger partial charge in [0, 0.05) is 13.1 Å². The van der Waals surface area contributed by atoms with E-state index >= 15 is 0 Å². The first-order valence-electron chi connectivity index (χ1n) is 6.96. The average Bonchev–Trinajstić information content (AvgIpc) is 2.36. The summed E-state index contributed by atoms with van der Waals surface area (Å²) in [6, 6.07) is -0.885. The summed E-state index contributed by atoms with van der Waals surface area (Å²) in [6.07, 6.45) is -3.02. The van der Waals surface area contributed by atoms with Crippen molar-refractivity contribution in [3.63, 3.8) is 0 Å². The molecular weight excluding hydrogens is 289 g/mol. The first-order valence-corrected chi connectivity index (χ1v) is 6.96. The lowest BCUT2D eigenvalue weighted by Crippen LogP contribution is -2.50. The summed E-state index contributed by atoms with van der Waals surface area (Å²) >= 11 is 0. The molecule has 0 unspecified atom stereocenters. The van der Waals surface area contributed by atoms with Crippen molar-refractivity contribution in [3.05, 3.63) is 0 Å². The van der Waals surface area contributed by atoms with Crippen molar-refractivity contribution in [1.82, 2.24) is 9.80 Å². The summed E-state index contributed by atoms with van der Waals surface area (Å²) in [4.78, 5) is 24.4. The van der Waals surface area contributed by atoms with Crippen LogP contribution in [0.4, 0.5) is 18.0 Å². The number of aliphatic carboxylic acids is 1. The van der Waals surface area contributed by atoms with Gasteiger partial charge in [-0.2, -0.15) is 13.2 Å². The monoisotopic (exact) mass is 312 g/mol. The van der Waals surface area contributed by atoms with Gasteiger partial charge in [0.25, 0.3) is 0 Å². The molecule has 0 saturated carbocycles. The van der Waals surface area contributed by atoms with Gasteiger partial charge in [-0.15, -0.1) is 0 Å². The van der Waals surface area contributed by atoms with Crippen molar-refractivity contribution in [2.45, 2.75) is 39.8 Å². The Morgan fingerprint density at radius 3 is 1.95 bits per heavy atom. The van der Waals surface area contributed by atoms with Gasteiger partial charge < -0.3 is 14.9 Å². The van der Waals surface area contributed by atoms with Gasteiger partial charge in [-0.25, -0.2) is 4.79 Å². The quantitative estimate of drug-likeness (QED) is 0.749. The maximum atomic E-state index is 12.5. The number of carbonyl (C=O) groups excluding carboxylic acids is 1. The zero-order chi connectivity index (χ0) is 16.6. The standard InChI is InChI=1S/C13H23F3N2O3/c1-4-10(5-2)7-17(6-3)12(21)18(8-11(19)20)9-13(14,15)16/h10H,4-9H2,1-3H3,(H,19,20). The molecule has 0 aliphatic carbocycles. The van der Waals surface area contributed by atoms with Crippen LogP contribution in [-0.2, 0) is 4.79 Å². The molecule has 0 bridgehead atoms. The molecule has 8 heteroatoms. The van der Waals surface area contributed by atoms with E-state index in [9.17, 15) is 22.8 Å². The molecule has 0 aromatic heterocycles. The van der Waals surface area contributed by atoms with E-state index in [0.29, 0.717) is 11.4 Å². The van der Waals surface area contributed by atoms with Crippen LogP contribution in [0.5, 0.6) is 0 Å². The van der Waals surface area contributed by atoms with E-state index in [1.165, 1.54) is 4.90 Å². The van der Waals surface area contributed by atoms with E-state index in [2.05, 4.69) is 0 Å². The summed E-state index contributed by atoms with van der Waals surface area (Å²) in [7, 11) is 0. The van der Waals surface area contributed by atoms with Crippen LogP contribution in [0, 0.1) is 5.92 Å². The van der Waals surface area contributed by atoms with Crippen molar-refractivity contribution >= 4 is 12.0 Å². The number of halogens is 3. The largest absolute Gasteiger partial charge is 0.480 e. The van der Waals surface area contributed by atoms with Crippen LogP contribution < -0.4 is 0 Å². The molecule has 0 spiro atoms. The number of urea groups is 1. The number of rotatable bonds is 8. The summed E-state index contributed by atoms with van der Waals surface area (Å²) in [5.74, 6) is -1.28. The normalized spacial score (nSPS) is 11.6. The van der Waals surface area contributed by atoms with Gasteiger partial charge in [0.05, 0.1) is 0 Å². The summed E-state index contributed by atoms with van der Waals surface area (Å²) < 4.78 is 37.4. The van der Waals surface area contributed by atoms with Crippen molar-refractivity contribution in [2.75, 3.05) is 26.2 Å². The van der Waals surface area contributed by atoms with E-state index in [4.69, 9.17) is 5.11 Å². The minimum Gasteiger partial charge on any atom is -0.480 e. The Labute approximate surface area is 122 Å². The highest BCUT2D eigenvalue weighted by molar-refractivity contribution is 5.80. The fraction of sp³-hybridized carbons (Fsp3) is 0.846. The molecule has 21 heavy (non-hydrogen) atoms. The number of hydrogen-bond donors (Lipinski definition) is 1. The SMILES string of the molecule is CCC(CC)CN(CC)C(=O)N(CC(=O)O)CC(F)(F)F. The molecule has 0 aromatic carbocycles. The Kier molecular flexibility index (Phi) is 8.12. The zero-order valence-electron chi connectivity index (χ0n) is 12.6. The lowest BCUT2D eigenvalue weighted by molar-refractivity contribution is -0.149. The first-order chi connectivity index (χ1) is 9.64. The van der Waals surface area contributed by atoms with Crippen molar-refractivity contribution < 1.29 is 27.9 Å². The molecule has 5 nitrogen and oxygen atoms in total. The smallest absolute Gasteiger partial charge is 0.406 e. The molecule has 0 fully saturated rings. The van der Waals surface area contributed by atoms with Crippen molar-refractivity contribution in [1.29, 1.82) is 0 Å². The molecule has 1 N–H and O–H groups in total. The first kappa shape index (κ1) is 19.5. The lowest BCUT2D eigenvalue weighted by Gasteiger charge is -2.31. The Hall–Kier alpha value is -1.47. The third-order valence-corrected chi connectivity index (χ3v) is 3.25. The third-order valence-electron chi connectivity index (χ3n) is 3.25. The van der Waals surface area contributed by atoms with Crippen LogP contribution in [0.1, 0.15) is 33.6 Å². The highest BCUT2D eigenvalue weighted by atomic mass is 19.4. The van der Waals surface area contributed by atoms with Crippen molar-refractivity contribution in [2.24, 2.45) is 5.92 Å². The Morgan fingerprint density at radius 1 is 1.10 bits per heavy atom. The van der Waals surface area contributed by atoms with Gasteiger partial charge >= 0.3 is 18.2 Å². The van der Waals surface area contributed by atoms with E-state index in [1.807, 2.05) is 13.8 Å². The molecule has 124 valence electrons. The second-order valence-corrected chi connectivity index (χ2v) is 4.87. The number of amides is 2. The van der Waals surface area contributed by atoms with E-state index < -0.39 is 31.3 Å². The van der Waals surface area contributed by atoms with Crippen LogP contribution in [0.3, 0.4) is 0 Å². The molecule has 2 amide bonds. The third kappa shape index (κ3) is 7.77. The molecule has 0 saturated heterocycles. The van der Waals surface area contributed by atoms with Gasteiger partial charge in [0.15, 0.2) is 0 Å². The molecule has 0 aromatic rings. The molecule has 0 aliphatic rings. The van der Waals surface area contributed by atoms with Gasteiger partial charge in [-0.05, 0) is 12.8 Å². The maximum Gasteiger partial charge on any atom is 0.406 e. The molecule has 0 rings (SSSR count). The predicted octanol–water partition coefficient (Wildman–Crippen LogP) is 2.81. The topological polar surface area (TPSA) is 60.9 Å². The lowest BCUT2D eigenvalue weighted by atomic mass is 10.0. The van der Waals surface area contributed by atoms with Crippen molar-refractivity contribution in [3.8, 4) is 0 Å². The number of nitrogens with zero attached hydrogens (tertiary/aromatic N) is 2. The molecule has 0 atom stereocenters. The molecule has 0 aliphatic heterocycles. The second-order valence-electron chi connectivity index (χ2n) is 4.87. The van der Waals surface area contributed by atoms with Crippen LogP contribution in [-0.4, -0.2) is 59.3 Å². The van der Waals surface area contributed by atoms with Gasteiger partial charge in [0.2, 0.25) is 0 Å². The average molecular weight is 312 g/mol. The van der Waals surface area contributed by atoms with E-state index in [1.54, 1.807) is 6.92 Å². The van der Waals surface area contributed by atoms with Gasteiger partial charge in [0.1, 0.15) is 13.1 Å². The van der Waals surface area contributed by atoms with Gasteiger partial charge in [-0.1, -0.05) is 26.7 Å². The van der Waals surface area contributed by atoms with Crippen LogP contribution in [0.15, 0.2) is 0 Å². The Bertz CT molecular complexity index is 344. The van der Waals surface area contributed by atoms with E-state index in [0.717, 1.165) is 12.8 Å². The van der Waals surface area contributed by atoms with Crippen LogP contribution in [0.2, 0.25) is 0 Å². The summed E-state index contributed by atoms with van der Waals surface area (Å²) in [6.45, 7) is 3.59.